The maximum absolute atomic E-state index is 12.8. The Balaban J connectivity index is 1.59. The van der Waals surface area contributed by atoms with Crippen LogP contribution in [0.5, 0.6) is 11.5 Å². The lowest BCUT2D eigenvalue weighted by Gasteiger charge is -2.14. The average molecular weight is 531 g/mol. The molecule has 0 aromatic heterocycles. The van der Waals surface area contributed by atoms with Crippen LogP contribution in [0.3, 0.4) is 0 Å². The molecule has 0 aliphatic heterocycles. The van der Waals surface area contributed by atoms with E-state index in [0.717, 1.165) is 55.2 Å². The van der Waals surface area contributed by atoms with Gasteiger partial charge in [-0.1, -0.05) is 94.8 Å². The number of para-hydroxylation sites is 2. The van der Waals surface area contributed by atoms with Crippen LogP contribution in [0, 0.1) is 6.92 Å². The summed E-state index contributed by atoms with van der Waals surface area (Å²) in [4.78, 5) is 25.4. The van der Waals surface area contributed by atoms with Gasteiger partial charge in [0.1, 0.15) is 11.5 Å². The first-order valence-electron chi connectivity index (χ1n) is 14.2. The summed E-state index contributed by atoms with van der Waals surface area (Å²) in [5.74, 6) is 1.13. The Morgan fingerprint density at radius 1 is 0.641 bits per heavy atom. The molecular weight excluding hydrogens is 488 g/mol. The zero-order valence-corrected chi connectivity index (χ0v) is 23.6. The van der Waals surface area contributed by atoms with E-state index in [1.165, 1.54) is 25.7 Å². The maximum Gasteiger partial charge on any atom is 0.417 e. The lowest BCUT2D eigenvalue weighted by molar-refractivity contribution is 0.214. The molecule has 208 valence electrons. The van der Waals surface area contributed by atoms with Crippen molar-refractivity contribution < 1.29 is 19.1 Å². The van der Waals surface area contributed by atoms with Gasteiger partial charge in [-0.15, -0.1) is 0 Å². The minimum absolute atomic E-state index is 0.512. The average Bonchev–Trinajstić information content (AvgIpc) is 2.92. The number of aryl methyl sites for hydroxylation is 3. The molecule has 0 radical (unpaired) electrons. The Bertz CT molecular complexity index is 1210. The molecular formula is C33H42N2O4. The van der Waals surface area contributed by atoms with Gasteiger partial charge in [-0.2, -0.15) is 0 Å². The van der Waals surface area contributed by atoms with Gasteiger partial charge in [-0.3, -0.25) is 10.6 Å². The van der Waals surface area contributed by atoms with E-state index in [9.17, 15) is 9.59 Å². The number of ether oxygens (including phenoxy) is 2. The van der Waals surface area contributed by atoms with Crippen molar-refractivity contribution in [1.29, 1.82) is 0 Å². The zero-order chi connectivity index (χ0) is 27.9. The standard InChI is InChI=1S/C33H42N2O4/c1-4-6-8-10-16-26-18-12-14-20-30(26)38-32(36)34-28-23-22-25(3)29(24-28)35-33(37)39-31-21-15-13-19-27(31)17-11-9-7-5-2/h12-15,18-24H,4-11,16-17H2,1-3H3,(H,34,36)(H,35,37). The fourth-order valence-electron chi connectivity index (χ4n) is 4.42. The zero-order valence-electron chi connectivity index (χ0n) is 23.6. The third kappa shape index (κ3) is 10.1. The molecule has 0 fully saturated rings. The molecule has 6 nitrogen and oxygen atoms in total. The van der Waals surface area contributed by atoms with Crippen molar-refractivity contribution >= 4 is 23.6 Å². The largest absolute Gasteiger partial charge is 0.417 e. The van der Waals surface area contributed by atoms with Gasteiger partial charge in [0.05, 0.1) is 0 Å². The normalized spacial score (nSPS) is 10.6. The monoisotopic (exact) mass is 530 g/mol. The van der Waals surface area contributed by atoms with Crippen LogP contribution < -0.4 is 20.1 Å². The van der Waals surface area contributed by atoms with Gasteiger partial charge in [0.15, 0.2) is 0 Å². The Hall–Kier alpha value is -3.80. The molecule has 6 heteroatoms. The van der Waals surface area contributed by atoms with E-state index in [1.54, 1.807) is 12.1 Å². The Morgan fingerprint density at radius 3 is 1.69 bits per heavy atom. The first kappa shape index (κ1) is 29.8. The summed E-state index contributed by atoms with van der Waals surface area (Å²) in [7, 11) is 0. The first-order chi connectivity index (χ1) is 19.0. The van der Waals surface area contributed by atoms with Crippen LogP contribution in [0.15, 0.2) is 66.7 Å². The topological polar surface area (TPSA) is 76.7 Å². The number of carbonyl (C=O) groups excluding carboxylic acids is 2. The highest BCUT2D eigenvalue weighted by Crippen LogP contribution is 2.25. The number of anilines is 2. The van der Waals surface area contributed by atoms with Gasteiger partial charge < -0.3 is 9.47 Å². The number of nitrogens with one attached hydrogen (secondary N) is 2. The van der Waals surface area contributed by atoms with Crippen molar-refractivity contribution in [3.05, 3.63) is 83.4 Å². The van der Waals surface area contributed by atoms with Crippen molar-refractivity contribution in [1.82, 2.24) is 0 Å². The SMILES string of the molecule is CCCCCCc1ccccc1OC(=O)Nc1ccc(C)c(NC(=O)Oc2ccccc2CCCCCC)c1. The maximum atomic E-state index is 12.8. The van der Waals surface area contributed by atoms with E-state index in [-0.39, 0.29) is 0 Å². The summed E-state index contributed by atoms with van der Waals surface area (Å²) < 4.78 is 11.3. The quantitative estimate of drug-likeness (QED) is 0.204. The van der Waals surface area contributed by atoms with E-state index in [0.29, 0.717) is 22.9 Å². The minimum Gasteiger partial charge on any atom is -0.410 e. The predicted octanol–water partition coefficient (Wildman–Crippen LogP) is 9.46. The number of hydrogen-bond donors (Lipinski definition) is 2. The van der Waals surface area contributed by atoms with Gasteiger partial charge in [0.25, 0.3) is 0 Å². The van der Waals surface area contributed by atoms with Crippen LogP contribution in [0.2, 0.25) is 0 Å². The molecule has 3 rings (SSSR count). The fraction of sp³-hybridized carbons (Fsp3) is 0.394. The Morgan fingerprint density at radius 2 is 1.15 bits per heavy atom. The molecule has 0 saturated heterocycles. The van der Waals surface area contributed by atoms with Crippen molar-refractivity contribution in [2.45, 2.75) is 85.0 Å². The predicted molar refractivity (Wildman–Crippen MR) is 159 cm³/mol. The smallest absolute Gasteiger partial charge is 0.410 e. The van der Waals surface area contributed by atoms with Crippen molar-refractivity contribution in [2.75, 3.05) is 10.6 Å². The van der Waals surface area contributed by atoms with E-state index in [1.807, 2.05) is 61.5 Å². The number of unbranched alkanes of at least 4 members (excludes halogenated alkanes) is 6. The van der Waals surface area contributed by atoms with Gasteiger partial charge in [0, 0.05) is 11.4 Å². The number of amides is 2. The molecule has 0 heterocycles. The van der Waals surface area contributed by atoms with Gasteiger partial charge >= 0.3 is 12.2 Å². The van der Waals surface area contributed by atoms with Gasteiger partial charge in [0.2, 0.25) is 0 Å². The summed E-state index contributed by atoms with van der Waals surface area (Å²) >= 11 is 0. The third-order valence-electron chi connectivity index (χ3n) is 6.67. The van der Waals surface area contributed by atoms with Crippen LogP contribution in [0.4, 0.5) is 21.0 Å². The second kappa shape index (κ2) is 16.2. The van der Waals surface area contributed by atoms with Crippen LogP contribution in [-0.4, -0.2) is 12.2 Å². The molecule has 0 aliphatic rings. The van der Waals surface area contributed by atoms with Gasteiger partial charge in [-0.25, -0.2) is 9.59 Å². The van der Waals surface area contributed by atoms with E-state index >= 15 is 0 Å². The second-order valence-corrected chi connectivity index (χ2v) is 9.90. The van der Waals surface area contributed by atoms with Crippen molar-refractivity contribution in [3.8, 4) is 11.5 Å². The minimum atomic E-state index is -0.578. The molecule has 0 atom stereocenters. The van der Waals surface area contributed by atoms with E-state index < -0.39 is 12.2 Å². The molecule has 3 aromatic carbocycles. The fourth-order valence-corrected chi connectivity index (χ4v) is 4.42. The van der Waals surface area contributed by atoms with Crippen LogP contribution in [0.1, 0.15) is 81.9 Å². The van der Waals surface area contributed by atoms with Crippen LogP contribution in [-0.2, 0) is 12.8 Å². The summed E-state index contributed by atoms with van der Waals surface area (Å²) in [5.41, 5.74) is 3.94. The third-order valence-corrected chi connectivity index (χ3v) is 6.67. The summed E-state index contributed by atoms with van der Waals surface area (Å²) in [6.45, 7) is 6.26. The molecule has 2 N–H and O–H groups in total. The molecule has 3 aromatic rings. The number of rotatable bonds is 14. The highest BCUT2D eigenvalue weighted by atomic mass is 16.6. The lowest BCUT2D eigenvalue weighted by atomic mass is 10.1. The van der Waals surface area contributed by atoms with Crippen LogP contribution >= 0.6 is 0 Å². The number of carbonyl (C=O) groups is 2. The Labute approximate surface area is 233 Å². The Kier molecular flexibility index (Phi) is 12.4. The highest BCUT2D eigenvalue weighted by Gasteiger charge is 2.13. The number of benzene rings is 3. The molecule has 0 aliphatic carbocycles. The highest BCUT2D eigenvalue weighted by molar-refractivity contribution is 5.91. The van der Waals surface area contributed by atoms with Gasteiger partial charge in [-0.05, 0) is 73.6 Å². The van der Waals surface area contributed by atoms with Crippen LogP contribution in [0.25, 0.3) is 0 Å². The molecule has 0 bridgehead atoms. The molecule has 0 spiro atoms. The number of hydrogen-bond acceptors (Lipinski definition) is 4. The molecule has 0 unspecified atom stereocenters. The lowest BCUT2D eigenvalue weighted by Crippen LogP contribution is -2.19. The first-order valence-corrected chi connectivity index (χ1v) is 14.2. The van der Waals surface area contributed by atoms with Crippen molar-refractivity contribution in [2.24, 2.45) is 0 Å². The summed E-state index contributed by atoms with van der Waals surface area (Å²) in [5, 5.41) is 5.59. The molecule has 39 heavy (non-hydrogen) atoms. The van der Waals surface area contributed by atoms with E-state index in [2.05, 4.69) is 24.5 Å². The van der Waals surface area contributed by atoms with E-state index in [4.69, 9.17) is 9.47 Å². The molecule has 2 amide bonds. The summed E-state index contributed by atoms with van der Waals surface area (Å²) in [6.07, 6.45) is 9.77. The summed E-state index contributed by atoms with van der Waals surface area (Å²) in [6, 6.07) is 20.6. The van der Waals surface area contributed by atoms with Crippen molar-refractivity contribution in [3.63, 3.8) is 0 Å². The second-order valence-electron chi connectivity index (χ2n) is 9.90. The molecule has 0 saturated carbocycles.